The Balaban J connectivity index is 2.34. The Bertz CT molecular complexity index is 454. The summed E-state index contributed by atoms with van der Waals surface area (Å²) in [5.74, 6) is -0.513. The average molecular weight is 317 g/mol. The third-order valence-electron chi connectivity index (χ3n) is 4.27. The summed E-state index contributed by atoms with van der Waals surface area (Å²) in [4.78, 5) is -0.0331. The molecule has 0 radical (unpaired) electrons. The van der Waals surface area contributed by atoms with E-state index in [9.17, 15) is 8.78 Å². The average Bonchev–Trinajstić information content (AvgIpc) is 2.62. The van der Waals surface area contributed by atoms with Crippen LogP contribution in [0.3, 0.4) is 0 Å². The first kappa shape index (κ1) is 14.0. The number of benzene rings is 1. The van der Waals surface area contributed by atoms with Gasteiger partial charge in [-0.05, 0) is 42.7 Å². The Labute approximate surface area is 116 Å². The highest BCUT2D eigenvalue weighted by atomic mass is 79.9. The Morgan fingerprint density at radius 1 is 1.28 bits per heavy atom. The number of rotatable bonds is 2. The second-order valence-electron chi connectivity index (χ2n) is 6.01. The van der Waals surface area contributed by atoms with Crippen LogP contribution in [0.15, 0.2) is 12.1 Å². The standard InChI is InChI=1S/C15H19BrF2/c1-9-7-10(13(18)8-12(9)17)14(16)11-5-4-6-15(11,2)3/h7-8,11,14H,4-6H2,1-3H3. The van der Waals surface area contributed by atoms with Gasteiger partial charge in [0.1, 0.15) is 11.6 Å². The first-order valence-corrected chi connectivity index (χ1v) is 7.34. The third kappa shape index (κ3) is 2.47. The molecule has 1 aliphatic carbocycles. The molecule has 18 heavy (non-hydrogen) atoms. The largest absolute Gasteiger partial charge is 0.207 e. The van der Waals surface area contributed by atoms with Crippen LogP contribution in [0, 0.1) is 29.9 Å². The molecule has 3 heteroatoms. The van der Waals surface area contributed by atoms with Crippen LogP contribution in [0.2, 0.25) is 0 Å². The van der Waals surface area contributed by atoms with Crippen LogP contribution in [-0.4, -0.2) is 0 Å². The van der Waals surface area contributed by atoms with Crippen LogP contribution in [0.1, 0.15) is 49.1 Å². The van der Waals surface area contributed by atoms with Crippen molar-refractivity contribution < 1.29 is 8.78 Å². The lowest BCUT2D eigenvalue weighted by Gasteiger charge is -2.31. The molecule has 1 saturated carbocycles. The van der Waals surface area contributed by atoms with Crippen LogP contribution in [0.25, 0.3) is 0 Å². The van der Waals surface area contributed by atoms with E-state index in [2.05, 4.69) is 29.8 Å². The highest BCUT2D eigenvalue weighted by molar-refractivity contribution is 9.09. The van der Waals surface area contributed by atoms with Crippen molar-refractivity contribution in [2.45, 2.75) is 44.9 Å². The van der Waals surface area contributed by atoms with Crippen molar-refractivity contribution >= 4 is 15.9 Å². The van der Waals surface area contributed by atoms with E-state index in [1.807, 2.05) is 0 Å². The highest BCUT2D eigenvalue weighted by Gasteiger charge is 2.39. The summed E-state index contributed by atoms with van der Waals surface area (Å²) < 4.78 is 27.2. The van der Waals surface area contributed by atoms with E-state index in [-0.39, 0.29) is 10.2 Å². The molecule has 0 amide bonds. The predicted octanol–water partition coefficient (Wildman–Crippen LogP) is 5.54. The van der Waals surface area contributed by atoms with E-state index in [1.54, 1.807) is 13.0 Å². The van der Waals surface area contributed by atoms with E-state index >= 15 is 0 Å². The zero-order valence-corrected chi connectivity index (χ0v) is 12.7. The zero-order valence-electron chi connectivity index (χ0n) is 11.1. The predicted molar refractivity (Wildman–Crippen MR) is 73.9 cm³/mol. The first-order valence-electron chi connectivity index (χ1n) is 6.42. The van der Waals surface area contributed by atoms with E-state index in [0.29, 0.717) is 17.0 Å². The normalized spacial score (nSPS) is 24.2. The monoisotopic (exact) mass is 316 g/mol. The minimum Gasteiger partial charge on any atom is -0.207 e. The molecule has 1 aromatic rings. The molecule has 2 rings (SSSR count). The van der Waals surface area contributed by atoms with E-state index in [0.717, 1.165) is 12.5 Å². The van der Waals surface area contributed by atoms with Gasteiger partial charge in [-0.3, -0.25) is 0 Å². The maximum atomic E-state index is 13.9. The lowest BCUT2D eigenvalue weighted by molar-refractivity contribution is 0.255. The molecule has 0 aromatic heterocycles. The molecule has 2 unspecified atom stereocenters. The fourth-order valence-electron chi connectivity index (χ4n) is 3.00. The summed E-state index contributed by atoms with van der Waals surface area (Å²) in [5.41, 5.74) is 1.31. The number of hydrogen-bond acceptors (Lipinski definition) is 0. The van der Waals surface area contributed by atoms with Gasteiger partial charge in [-0.1, -0.05) is 36.2 Å². The lowest BCUT2D eigenvalue weighted by atomic mass is 9.78. The van der Waals surface area contributed by atoms with Crippen molar-refractivity contribution in [2.75, 3.05) is 0 Å². The van der Waals surface area contributed by atoms with Gasteiger partial charge >= 0.3 is 0 Å². The van der Waals surface area contributed by atoms with Crippen LogP contribution in [-0.2, 0) is 0 Å². The maximum Gasteiger partial charge on any atom is 0.130 e. The van der Waals surface area contributed by atoms with Gasteiger partial charge in [-0.2, -0.15) is 0 Å². The summed E-state index contributed by atoms with van der Waals surface area (Å²) in [5, 5.41) is 0. The van der Waals surface area contributed by atoms with Gasteiger partial charge in [-0.25, -0.2) is 8.78 Å². The summed E-state index contributed by atoms with van der Waals surface area (Å²) in [7, 11) is 0. The molecular formula is C15H19BrF2. The van der Waals surface area contributed by atoms with Crippen LogP contribution >= 0.6 is 15.9 Å². The van der Waals surface area contributed by atoms with Crippen molar-refractivity contribution in [2.24, 2.45) is 11.3 Å². The maximum absolute atomic E-state index is 13.9. The van der Waals surface area contributed by atoms with Gasteiger partial charge < -0.3 is 0 Å². The fourth-order valence-corrected chi connectivity index (χ4v) is 4.33. The summed E-state index contributed by atoms with van der Waals surface area (Å²) in [6.07, 6.45) is 3.45. The van der Waals surface area contributed by atoms with Crippen molar-refractivity contribution in [1.29, 1.82) is 0 Å². The molecule has 0 spiro atoms. The third-order valence-corrected chi connectivity index (χ3v) is 5.40. The fraction of sp³-hybridized carbons (Fsp3) is 0.600. The van der Waals surface area contributed by atoms with Crippen LogP contribution in [0.4, 0.5) is 8.78 Å². The minimum absolute atomic E-state index is 0.0331. The van der Waals surface area contributed by atoms with Gasteiger partial charge in [0.05, 0.1) is 0 Å². The molecule has 0 nitrogen and oxygen atoms in total. The molecule has 0 aliphatic heterocycles. The van der Waals surface area contributed by atoms with Gasteiger partial charge in [0.2, 0.25) is 0 Å². The van der Waals surface area contributed by atoms with E-state index < -0.39 is 11.6 Å². The second-order valence-corrected chi connectivity index (χ2v) is 7.00. The lowest BCUT2D eigenvalue weighted by Crippen LogP contribution is -2.22. The molecule has 100 valence electrons. The molecule has 1 aromatic carbocycles. The SMILES string of the molecule is Cc1cc(C(Br)C2CCCC2(C)C)c(F)cc1F. The molecule has 0 bridgehead atoms. The Morgan fingerprint density at radius 3 is 2.50 bits per heavy atom. The Kier molecular flexibility index (Phi) is 3.82. The van der Waals surface area contributed by atoms with E-state index in [1.165, 1.54) is 12.8 Å². The number of hydrogen-bond donors (Lipinski definition) is 0. The summed E-state index contributed by atoms with van der Waals surface area (Å²) in [6, 6.07) is 2.64. The summed E-state index contributed by atoms with van der Waals surface area (Å²) in [6.45, 7) is 6.14. The van der Waals surface area contributed by atoms with Gasteiger partial charge in [-0.15, -0.1) is 0 Å². The van der Waals surface area contributed by atoms with Crippen LogP contribution < -0.4 is 0 Å². The smallest absolute Gasteiger partial charge is 0.130 e. The molecular weight excluding hydrogens is 298 g/mol. The molecule has 2 atom stereocenters. The Morgan fingerprint density at radius 2 is 1.94 bits per heavy atom. The molecule has 0 heterocycles. The Hall–Kier alpha value is -0.440. The number of halogens is 3. The minimum atomic E-state index is -0.471. The zero-order chi connectivity index (χ0) is 13.5. The molecule has 1 fully saturated rings. The molecule has 1 aliphatic rings. The highest BCUT2D eigenvalue weighted by Crippen LogP contribution is 2.52. The van der Waals surface area contributed by atoms with Gasteiger partial charge in [0, 0.05) is 16.5 Å². The number of aryl methyl sites for hydroxylation is 1. The van der Waals surface area contributed by atoms with Gasteiger partial charge in [0.25, 0.3) is 0 Å². The van der Waals surface area contributed by atoms with E-state index in [4.69, 9.17) is 0 Å². The number of alkyl halides is 1. The topological polar surface area (TPSA) is 0 Å². The van der Waals surface area contributed by atoms with Crippen molar-refractivity contribution in [1.82, 2.24) is 0 Å². The first-order chi connectivity index (χ1) is 8.33. The van der Waals surface area contributed by atoms with Crippen molar-refractivity contribution in [3.63, 3.8) is 0 Å². The second kappa shape index (κ2) is 4.92. The summed E-state index contributed by atoms with van der Waals surface area (Å²) >= 11 is 3.64. The van der Waals surface area contributed by atoms with Crippen molar-refractivity contribution in [3.8, 4) is 0 Å². The molecule has 0 N–H and O–H groups in total. The quantitative estimate of drug-likeness (QED) is 0.629. The van der Waals surface area contributed by atoms with Crippen LogP contribution in [0.5, 0.6) is 0 Å². The van der Waals surface area contributed by atoms with Crippen molar-refractivity contribution in [3.05, 3.63) is 34.9 Å². The van der Waals surface area contributed by atoms with Gasteiger partial charge in [0.15, 0.2) is 0 Å². The molecule has 0 saturated heterocycles.